The van der Waals surface area contributed by atoms with Crippen LogP contribution < -0.4 is 5.32 Å². The van der Waals surface area contributed by atoms with E-state index in [1.807, 2.05) is 32.9 Å². The molecule has 1 N–H and O–H groups in total. The number of carbonyl (C=O) groups excluding carboxylic acids is 3. The maximum absolute atomic E-state index is 12.8. The molecule has 3 rings (SSSR count). The monoisotopic (exact) mass is 351 g/mol. The normalized spacial score (nSPS) is 14.5. The predicted molar refractivity (Wildman–Crippen MR) is 96.4 cm³/mol. The summed E-state index contributed by atoms with van der Waals surface area (Å²) in [7, 11) is 0. The molecule has 0 fully saturated rings. The molecule has 134 valence electrons. The average Bonchev–Trinajstić information content (AvgIpc) is 2.87. The fraction of sp³-hybridized carbons (Fsp3) is 0.300. The third-order valence-electron chi connectivity index (χ3n) is 4.55. The molecular weight excluding hydrogens is 330 g/mol. The first-order valence-electron chi connectivity index (χ1n) is 8.57. The zero-order valence-corrected chi connectivity index (χ0v) is 15.0. The Morgan fingerprint density at radius 1 is 1.08 bits per heavy atom. The minimum atomic E-state index is -0.869. The number of hydrogen-bond acceptors (Lipinski definition) is 4. The van der Waals surface area contributed by atoms with Gasteiger partial charge in [0.1, 0.15) is 6.04 Å². The highest BCUT2D eigenvalue weighted by atomic mass is 16.2. The second kappa shape index (κ2) is 7.07. The van der Waals surface area contributed by atoms with Gasteiger partial charge in [0.25, 0.3) is 11.8 Å². The van der Waals surface area contributed by atoms with Crippen molar-refractivity contribution in [3.05, 3.63) is 65.0 Å². The van der Waals surface area contributed by atoms with Crippen molar-refractivity contribution < 1.29 is 14.4 Å². The van der Waals surface area contributed by atoms with Gasteiger partial charge < -0.3 is 5.32 Å². The van der Waals surface area contributed by atoms with Crippen LogP contribution in [0.2, 0.25) is 0 Å². The number of amides is 3. The molecule has 0 radical (unpaired) electrons. The van der Waals surface area contributed by atoms with Gasteiger partial charge in [0.2, 0.25) is 5.91 Å². The fourth-order valence-corrected chi connectivity index (χ4v) is 3.16. The summed E-state index contributed by atoms with van der Waals surface area (Å²) < 4.78 is 0. The smallest absolute Gasteiger partial charge is 0.262 e. The fourth-order valence-electron chi connectivity index (χ4n) is 3.16. The molecule has 1 aliphatic heterocycles. The van der Waals surface area contributed by atoms with Gasteiger partial charge in [0, 0.05) is 6.20 Å². The van der Waals surface area contributed by atoms with E-state index in [9.17, 15) is 14.4 Å². The van der Waals surface area contributed by atoms with Gasteiger partial charge in [-0.25, -0.2) is 0 Å². The lowest BCUT2D eigenvalue weighted by Gasteiger charge is -2.28. The topological polar surface area (TPSA) is 79.4 Å². The van der Waals surface area contributed by atoms with E-state index >= 15 is 0 Å². The third kappa shape index (κ3) is 3.10. The van der Waals surface area contributed by atoms with Crippen LogP contribution in [0.15, 0.2) is 42.6 Å². The van der Waals surface area contributed by atoms with E-state index in [1.54, 1.807) is 30.5 Å². The van der Waals surface area contributed by atoms with Crippen molar-refractivity contribution >= 4 is 17.7 Å². The number of nitrogens with zero attached hydrogens (tertiary/aromatic N) is 2. The van der Waals surface area contributed by atoms with Crippen molar-refractivity contribution in [2.24, 2.45) is 5.92 Å². The molecule has 0 spiro atoms. The standard InChI is InChI=1S/C20H21N3O3/c1-12(2)17(18(24)22-11-16-13(3)7-6-10-21-16)23-19(25)14-8-4-5-9-15(14)20(23)26/h4-10,12,17H,11H2,1-3H3,(H,22,24). The van der Waals surface area contributed by atoms with Crippen molar-refractivity contribution in [3.8, 4) is 0 Å². The third-order valence-corrected chi connectivity index (χ3v) is 4.55. The van der Waals surface area contributed by atoms with E-state index in [4.69, 9.17) is 0 Å². The number of imide groups is 1. The van der Waals surface area contributed by atoms with Crippen molar-refractivity contribution in [1.82, 2.24) is 15.2 Å². The Bertz CT molecular complexity index is 841. The zero-order valence-electron chi connectivity index (χ0n) is 15.0. The number of nitrogens with one attached hydrogen (secondary N) is 1. The van der Waals surface area contributed by atoms with E-state index in [0.717, 1.165) is 16.2 Å². The van der Waals surface area contributed by atoms with Gasteiger partial charge in [-0.2, -0.15) is 0 Å². The van der Waals surface area contributed by atoms with Crippen molar-refractivity contribution in [2.75, 3.05) is 0 Å². The Morgan fingerprint density at radius 2 is 1.69 bits per heavy atom. The van der Waals surface area contributed by atoms with Gasteiger partial charge >= 0.3 is 0 Å². The summed E-state index contributed by atoms with van der Waals surface area (Å²) in [6.07, 6.45) is 1.67. The van der Waals surface area contributed by atoms with Gasteiger partial charge in [-0.3, -0.25) is 24.3 Å². The summed E-state index contributed by atoms with van der Waals surface area (Å²) in [6, 6.07) is 9.52. The lowest BCUT2D eigenvalue weighted by molar-refractivity contribution is -0.126. The Hall–Kier alpha value is -3.02. The quantitative estimate of drug-likeness (QED) is 0.839. The van der Waals surface area contributed by atoms with E-state index in [1.165, 1.54) is 0 Å². The lowest BCUT2D eigenvalue weighted by atomic mass is 10.0. The first-order chi connectivity index (χ1) is 12.4. The molecule has 1 aromatic heterocycles. The van der Waals surface area contributed by atoms with Crippen LogP contribution in [0.25, 0.3) is 0 Å². The SMILES string of the molecule is Cc1cccnc1CNC(=O)C(C(C)C)N1C(=O)c2ccccc2C1=O. The minimum absolute atomic E-state index is 0.220. The van der Waals surface area contributed by atoms with Crippen LogP contribution in [0.5, 0.6) is 0 Å². The highest BCUT2D eigenvalue weighted by Crippen LogP contribution is 2.27. The maximum atomic E-state index is 12.8. The lowest BCUT2D eigenvalue weighted by Crippen LogP contribution is -2.52. The van der Waals surface area contributed by atoms with Crippen molar-refractivity contribution in [2.45, 2.75) is 33.4 Å². The Kier molecular flexibility index (Phi) is 4.84. The summed E-state index contributed by atoms with van der Waals surface area (Å²) in [4.78, 5) is 43.5. The molecule has 0 aliphatic carbocycles. The highest BCUT2D eigenvalue weighted by molar-refractivity contribution is 6.22. The molecular formula is C20H21N3O3. The molecule has 2 heterocycles. The molecule has 26 heavy (non-hydrogen) atoms. The molecule has 1 atom stereocenters. The molecule has 0 bridgehead atoms. The van der Waals surface area contributed by atoms with Crippen LogP contribution in [0.4, 0.5) is 0 Å². The van der Waals surface area contributed by atoms with Crippen LogP contribution in [-0.4, -0.2) is 33.6 Å². The van der Waals surface area contributed by atoms with Crippen LogP contribution in [0.3, 0.4) is 0 Å². The first-order valence-corrected chi connectivity index (χ1v) is 8.57. The second-order valence-corrected chi connectivity index (χ2v) is 6.70. The number of aromatic nitrogens is 1. The van der Waals surface area contributed by atoms with Crippen molar-refractivity contribution in [3.63, 3.8) is 0 Å². The summed E-state index contributed by atoms with van der Waals surface area (Å²) in [5, 5.41) is 2.82. The molecule has 1 unspecified atom stereocenters. The van der Waals surface area contributed by atoms with E-state index in [2.05, 4.69) is 10.3 Å². The molecule has 6 nitrogen and oxygen atoms in total. The number of hydrogen-bond donors (Lipinski definition) is 1. The summed E-state index contributed by atoms with van der Waals surface area (Å²) in [5.41, 5.74) is 2.41. The predicted octanol–water partition coefficient (Wildman–Crippen LogP) is 2.33. The number of benzene rings is 1. The van der Waals surface area contributed by atoms with Crippen LogP contribution in [0.1, 0.15) is 45.8 Å². The summed E-state index contributed by atoms with van der Waals surface area (Å²) >= 11 is 0. The average molecular weight is 351 g/mol. The molecule has 3 amide bonds. The van der Waals surface area contributed by atoms with Crippen LogP contribution in [0, 0.1) is 12.8 Å². The van der Waals surface area contributed by atoms with E-state index < -0.39 is 17.9 Å². The van der Waals surface area contributed by atoms with Gasteiger partial charge in [-0.1, -0.05) is 32.0 Å². The maximum Gasteiger partial charge on any atom is 0.262 e. The molecule has 1 aromatic carbocycles. The minimum Gasteiger partial charge on any atom is -0.349 e. The van der Waals surface area contributed by atoms with Crippen molar-refractivity contribution in [1.29, 1.82) is 0 Å². The molecule has 1 aliphatic rings. The Labute approximate surface area is 152 Å². The number of carbonyl (C=O) groups is 3. The van der Waals surface area contributed by atoms with Gasteiger partial charge in [-0.05, 0) is 36.6 Å². The highest BCUT2D eigenvalue weighted by Gasteiger charge is 2.43. The second-order valence-electron chi connectivity index (χ2n) is 6.70. The first kappa shape index (κ1) is 17.8. The van der Waals surface area contributed by atoms with Gasteiger partial charge in [0.15, 0.2) is 0 Å². The van der Waals surface area contributed by atoms with Crippen LogP contribution >= 0.6 is 0 Å². The largest absolute Gasteiger partial charge is 0.349 e. The van der Waals surface area contributed by atoms with Gasteiger partial charge in [0.05, 0.1) is 23.4 Å². The Morgan fingerprint density at radius 3 is 2.23 bits per heavy atom. The number of aryl methyl sites for hydroxylation is 1. The Balaban J connectivity index is 1.82. The summed E-state index contributed by atoms with van der Waals surface area (Å²) in [5.74, 6) is -1.43. The van der Waals surface area contributed by atoms with Crippen LogP contribution in [-0.2, 0) is 11.3 Å². The number of pyridine rings is 1. The van der Waals surface area contributed by atoms with Gasteiger partial charge in [-0.15, -0.1) is 0 Å². The molecule has 0 saturated heterocycles. The number of fused-ring (bicyclic) bond motifs is 1. The zero-order chi connectivity index (χ0) is 18.8. The van der Waals surface area contributed by atoms with E-state index in [0.29, 0.717) is 11.1 Å². The molecule has 6 heteroatoms. The molecule has 0 saturated carbocycles. The number of rotatable bonds is 5. The summed E-state index contributed by atoms with van der Waals surface area (Å²) in [6.45, 7) is 5.80. The molecule has 2 aromatic rings. The van der Waals surface area contributed by atoms with E-state index in [-0.39, 0.29) is 18.4 Å².